The van der Waals surface area contributed by atoms with Gasteiger partial charge in [-0.25, -0.2) is 4.98 Å². The minimum absolute atomic E-state index is 0. The zero-order chi connectivity index (χ0) is 46.5. The van der Waals surface area contributed by atoms with E-state index < -0.39 is 0 Å². The summed E-state index contributed by atoms with van der Waals surface area (Å²) in [6, 6.07) is 67.0. The number of imidazole rings is 1. The van der Waals surface area contributed by atoms with E-state index in [1.165, 1.54) is 43.7 Å². The zero-order valence-electron chi connectivity index (χ0n) is 39.3. The van der Waals surface area contributed by atoms with E-state index in [1.54, 1.807) is 0 Å². The summed E-state index contributed by atoms with van der Waals surface area (Å²) in [7, 11) is 4.39. The van der Waals surface area contributed by atoms with E-state index in [0.717, 1.165) is 66.8 Å². The molecule has 0 bridgehead atoms. The quantitative estimate of drug-likeness (QED) is 0.118. The largest absolute Gasteiger partial charge is 0.510 e. The third-order valence-corrected chi connectivity index (χ3v) is 13.9. The second-order valence-electron chi connectivity index (χ2n) is 19.0. The molecule has 5 heterocycles. The van der Waals surface area contributed by atoms with Crippen molar-refractivity contribution in [3.63, 3.8) is 0 Å². The summed E-state index contributed by atoms with van der Waals surface area (Å²) in [6.45, 7) is 6.75. The fraction of sp³-hybridized carbons (Fsp3) is 0.0968. The van der Waals surface area contributed by atoms with Gasteiger partial charge in [-0.05, 0) is 68.6 Å². The molecule has 0 radical (unpaired) electrons. The first kappa shape index (κ1) is 43.3. The Kier molecular flexibility index (Phi) is 10.3. The van der Waals surface area contributed by atoms with E-state index in [4.69, 9.17) is 9.72 Å². The molecule has 0 N–H and O–H groups in total. The molecule has 7 nitrogen and oxygen atoms in total. The molecule has 342 valence electrons. The van der Waals surface area contributed by atoms with Crippen LogP contribution in [0.15, 0.2) is 188 Å². The van der Waals surface area contributed by atoms with Crippen LogP contribution < -0.4 is 9.30 Å². The van der Waals surface area contributed by atoms with Gasteiger partial charge in [-0.1, -0.05) is 142 Å². The van der Waals surface area contributed by atoms with Crippen LogP contribution in [0.25, 0.3) is 105 Å². The smallest absolute Gasteiger partial charge is 0.267 e. The molecule has 8 heteroatoms. The normalized spacial score (nSPS) is 12.0. The minimum Gasteiger partial charge on any atom is -0.510 e. The average Bonchev–Trinajstić information content (AvgIpc) is 4.15. The van der Waals surface area contributed by atoms with Crippen molar-refractivity contribution in [2.45, 2.75) is 26.2 Å². The Balaban J connectivity index is 0.00000505. The Morgan fingerprint density at radius 3 is 1.84 bits per heavy atom. The maximum Gasteiger partial charge on any atom is 0.267 e. The molecule has 0 saturated heterocycles. The number of aryl methyl sites for hydroxylation is 2. The summed E-state index contributed by atoms with van der Waals surface area (Å²) in [5, 5.41) is 7.09. The molecular formula is C62H46N6OPt-2. The molecule has 8 aromatic carbocycles. The van der Waals surface area contributed by atoms with Crippen molar-refractivity contribution < 1.29 is 30.4 Å². The Hall–Kier alpha value is -7.99. The van der Waals surface area contributed by atoms with Gasteiger partial charge in [0.15, 0.2) is 0 Å². The van der Waals surface area contributed by atoms with Crippen LogP contribution in [-0.4, -0.2) is 23.3 Å². The molecule has 0 amide bonds. The standard InChI is InChI=1S/C62H46N6O.Pt/c1-62(2,3)42-32-33-63-54(36-42)68-53-38-45(30-31-50(53)56-55-48-24-12-14-28-51(48)64(4)59(55)57-49-25-13-15-29-52(49)65(5)60(57)61(56)68)69-44-23-16-22-43(37-44)66-34-35-67(39-66)58-46(40-18-8-6-9-19-40)26-17-27-47(58)41-20-10-7-11-21-41;/h6-36H,1-5H3;/q-2;. The summed E-state index contributed by atoms with van der Waals surface area (Å²) in [6.07, 6.45) is 9.63. The Morgan fingerprint density at radius 1 is 0.557 bits per heavy atom. The number of benzene rings is 8. The SMILES string of the molecule is Cn1c2ccccc2c2c3c4ccc(Oc5[c-]c(-[n+]6[c-]n(-c7c(-c8ccccc8)cccc7-c7ccccc7)cc6)ccc5)[c-]c4n(-c4cc(C(C)(C)C)ccn4)c3c3c(c4ccccc4n3C)c21.[Pt]. The van der Waals surface area contributed by atoms with Crippen LogP contribution in [0.5, 0.6) is 11.5 Å². The number of aromatic nitrogens is 6. The predicted octanol–water partition coefficient (Wildman–Crippen LogP) is 14.4. The molecule has 70 heavy (non-hydrogen) atoms. The van der Waals surface area contributed by atoms with E-state index in [0.29, 0.717) is 11.5 Å². The van der Waals surface area contributed by atoms with Gasteiger partial charge < -0.3 is 23.0 Å². The van der Waals surface area contributed by atoms with Gasteiger partial charge in [-0.15, -0.1) is 29.7 Å². The molecule has 0 fully saturated rings. The van der Waals surface area contributed by atoms with Crippen molar-refractivity contribution >= 4 is 65.4 Å². The molecule has 13 aromatic rings. The first-order valence-corrected chi connectivity index (χ1v) is 23.4. The molecule has 0 aliphatic carbocycles. The van der Waals surface area contributed by atoms with Crippen LogP contribution >= 0.6 is 0 Å². The first-order valence-electron chi connectivity index (χ1n) is 23.4. The first-order chi connectivity index (χ1) is 33.7. The Morgan fingerprint density at radius 2 is 1.16 bits per heavy atom. The van der Waals surface area contributed by atoms with Gasteiger partial charge in [-0.2, -0.15) is 18.2 Å². The summed E-state index contributed by atoms with van der Waals surface area (Å²) < 4.78 is 17.9. The zero-order valence-corrected chi connectivity index (χ0v) is 41.6. The van der Waals surface area contributed by atoms with Crippen LogP contribution in [0.1, 0.15) is 26.3 Å². The number of hydrogen-bond donors (Lipinski definition) is 0. The van der Waals surface area contributed by atoms with Crippen LogP contribution in [0.2, 0.25) is 0 Å². The molecule has 0 aliphatic rings. The van der Waals surface area contributed by atoms with Crippen molar-refractivity contribution in [2.75, 3.05) is 0 Å². The van der Waals surface area contributed by atoms with Crippen LogP contribution in [0, 0.1) is 18.5 Å². The van der Waals surface area contributed by atoms with E-state index in [2.05, 4.69) is 223 Å². The molecule has 0 atom stereocenters. The topological polar surface area (TPSA) is 45.7 Å². The van der Waals surface area contributed by atoms with Crippen molar-refractivity contribution in [3.05, 3.63) is 212 Å². The van der Waals surface area contributed by atoms with Crippen LogP contribution in [0.3, 0.4) is 0 Å². The number of ether oxygens (including phenoxy) is 1. The fourth-order valence-corrected chi connectivity index (χ4v) is 10.6. The van der Waals surface area contributed by atoms with E-state index >= 15 is 0 Å². The third-order valence-electron chi connectivity index (χ3n) is 13.9. The fourth-order valence-electron chi connectivity index (χ4n) is 10.6. The number of rotatable bonds is 7. The average molecular weight is 1090 g/mol. The molecule has 13 rings (SSSR count). The van der Waals surface area contributed by atoms with Crippen molar-refractivity contribution in [3.8, 4) is 50.9 Å². The van der Waals surface area contributed by atoms with Crippen LogP contribution in [0.4, 0.5) is 0 Å². The second kappa shape index (κ2) is 16.6. The van der Waals surface area contributed by atoms with E-state index in [-0.39, 0.29) is 26.5 Å². The molecular weight excluding hydrogens is 1040 g/mol. The van der Waals surface area contributed by atoms with Gasteiger partial charge in [-0.3, -0.25) is 4.57 Å². The summed E-state index contributed by atoms with van der Waals surface area (Å²) in [4.78, 5) is 5.13. The van der Waals surface area contributed by atoms with Gasteiger partial charge in [0.05, 0.1) is 22.2 Å². The molecule has 0 unspecified atom stereocenters. The summed E-state index contributed by atoms with van der Waals surface area (Å²) >= 11 is 0. The van der Waals surface area contributed by atoms with Crippen molar-refractivity contribution in [2.24, 2.45) is 14.1 Å². The van der Waals surface area contributed by atoms with Crippen LogP contribution in [-0.2, 0) is 40.6 Å². The monoisotopic (exact) mass is 1090 g/mol. The minimum atomic E-state index is -0.0982. The van der Waals surface area contributed by atoms with Crippen molar-refractivity contribution in [1.29, 1.82) is 0 Å². The number of nitrogens with zero attached hydrogens (tertiary/aromatic N) is 6. The number of pyridine rings is 1. The molecule has 0 spiro atoms. The third kappa shape index (κ3) is 6.74. The molecule has 5 aromatic heterocycles. The maximum atomic E-state index is 6.79. The molecule has 0 saturated carbocycles. The summed E-state index contributed by atoms with van der Waals surface area (Å²) in [5.41, 5.74) is 14.1. The second-order valence-corrected chi connectivity index (χ2v) is 19.0. The number of para-hydroxylation sites is 3. The number of hydrogen-bond acceptors (Lipinski definition) is 2. The number of fused-ring (bicyclic) bond motifs is 12. The Labute approximate surface area is 420 Å². The predicted molar refractivity (Wildman–Crippen MR) is 280 cm³/mol. The summed E-state index contributed by atoms with van der Waals surface area (Å²) in [5.74, 6) is 1.97. The maximum absolute atomic E-state index is 6.79. The van der Waals surface area contributed by atoms with Gasteiger partial charge in [0, 0.05) is 97.8 Å². The van der Waals surface area contributed by atoms with Gasteiger partial charge in [0.1, 0.15) is 5.82 Å². The van der Waals surface area contributed by atoms with Gasteiger partial charge in [0.2, 0.25) is 0 Å². The Bertz CT molecular complexity index is 4110. The van der Waals surface area contributed by atoms with Gasteiger partial charge in [0.25, 0.3) is 6.33 Å². The van der Waals surface area contributed by atoms with E-state index in [1.807, 2.05) is 41.2 Å². The van der Waals surface area contributed by atoms with E-state index in [9.17, 15) is 0 Å². The van der Waals surface area contributed by atoms with Gasteiger partial charge >= 0.3 is 0 Å². The van der Waals surface area contributed by atoms with Crippen molar-refractivity contribution in [1.82, 2.24) is 23.3 Å². The molecule has 0 aliphatic heterocycles.